The molecule has 0 radical (unpaired) electrons. The largest absolute Gasteiger partial charge is 0.376 e. The average Bonchev–Trinajstić information content (AvgIpc) is 2.91. The van der Waals surface area contributed by atoms with Gasteiger partial charge in [0, 0.05) is 31.2 Å². The van der Waals surface area contributed by atoms with Crippen LogP contribution in [0.25, 0.3) is 0 Å². The van der Waals surface area contributed by atoms with Gasteiger partial charge in [0.1, 0.15) is 0 Å². The van der Waals surface area contributed by atoms with Gasteiger partial charge in [0.05, 0.1) is 6.10 Å². The summed E-state index contributed by atoms with van der Waals surface area (Å²) in [4.78, 5) is 13.6. The van der Waals surface area contributed by atoms with Crippen molar-refractivity contribution in [3.05, 3.63) is 34.3 Å². The summed E-state index contributed by atoms with van der Waals surface area (Å²) < 4.78 is 6.52. The maximum Gasteiger partial charge on any atom is 0.317 e. The fourth-order valence-corrected chi connectivity index (χ4v) is 2.34. The number of ether oxygens (including phenoxy) is 1. The Morgan fingerprint density at radius 1 is 1.47 bits per heavy atom. The van der Waals surface area contributed by atoms with E-state index in [0.717, 1.165) is 29.5 Å². The molecule has 0 aromatic heterocycles. The molecule has 0 bridgehead atoms. The Morgan fingerprint density at radius 2 is 2.21 bits per heavy atom. The number of nitrogens with one attached hydrogen (secondary N) is 1. The van der Waals surface area contributed by atoms with Gasteiger partial charge in [-0.25, -0.2) is 4.79 Å². The first-order valence-corrected chi connectivity index (χ1v) is 7.29. The van der Waals surface area contributed by atoms with Crippen LogP contribution in [0.15, 0.2) is 28.7 Å². The summed E-state index contributed by atoms with van der Waals surface area (Å²) in [5.74, 6) is 0. The first-order valence-electron chi connectivity index (χ1n) is 6.50. The van der Waals surface area contributed by atoms with Crippen molar-refractivity contribution in [2.24, 2.45) is 0 Å². The minimum atomic E-state index is -0.0570. The van der Waals surface area contributed by atoms with Crippen molar-refractivity contribution in [2.75, 3.05) is 20.2 Å². The van der Waals surface area contributed by atoms with Crippen LogP contribution < -0.4 is 5.32 Å². The van der Waals surface area contributed by atoms with Crippen LogP contribution in [0, 0.1) is 0 Å². The smallest absolute Gasteiger partial charge is 0.317 e. The molecule has 1 aromatic rings. The summed E-state index contributed by atoms with van der Waals surface area (Å²) in [7, 11) is 1.80. The van der Waals surface area contributed by atoms with E-state index in [-0.39, 0.29) is 12.1 Å². The predicted molar refractivity (Wildman–Crippen MR) is 78.0 cm³/mol. The Bertz CT molecular complexity index is 416. The third kappa shape index (κ3) is 4.51. The molecule has 4 nitrogen and oxygen atoms in total. The van der Waals surface area contributed by atoms with Crippen LogP contribution in [-0.4, -0.2) is 37.2 Å². The van der Waals surface area contributed by atoms with Gasteiger partial charge in [-0.3, -0.25) is 0 Å². The van der Waals surface area contributed by atoms with E-state index in [1.54, 1.807) is 11.9 Å². The van der Waals surface area contributed by atoms with E-state index in [1.165, 1.54) is 0 Å². The van der Waals surface area contributed by atoms with Crippen LogP contribution in [0.1, 0.15) is 18.4 Å². The van der Waals surface area contributed by atoms with Crippen molar-refractivity contribution in [1.82, 2.24) is 10.2 Å². The van der Waals surface area contributed by atoms with Crippen LogP contribution in [0.2, 0.25) is 0 Å². The SMILES string of the molecule is CN(Cc1ccc(Br)cc1)C(=O)NCC1CCCO1. The van der Waals surface area contributed by atoms with Crippen LogP contribution in [-0.2, 0) is 11.3 Å². The second-order valence-electron chi connectivity index (χ2n) is 4.80. The molecular weight excluding hydrogens is 308 g/mol. The summed E-state index contributed by atoms with van der Waals surface area (Å²) in [6, 6.07) is 7.92. The molecule has 1 aliphatic heterocycles. The lowest BCUT2D eigenvalue weighted by atomic mass is 10.2. The zero-order chi connectivity index (χ0) is 13.7. The molecular formula is C14H19BrN2O2. The van der Waals surface area contributed by atoms with Crippen LogP contribution in [0.3, 0.4) is 0 Å². The second kappa shape index (κ2) is 6.91. The highest BCUT2D eigenvalue weighted by molar-refractivity contribution is 9.10. The Morgan fingerprint density at radius 3 is 2.84 bits per heavy atom. The van der Waals surface area contributed by atoms with Gasteiger partial charge < -0.3 is 15.0 Å². The number of amides is 2. The number of carbonyl (C=O) groups is 1. The fraction of sp³-hybridized carbons (Fsp3) is 0.500. The lowest BCUT2D eigenvalue weighted by molar-refractivity contribution is 0.109. The standard InChI is InChI=1S/C14H19BrN2O2/c1-17(10-11-4-6-12(15)7-5-11)14(18)16-9-13-3-2-8-19-13/h4-7,13H,2-3,8-10H2,1H3,(H,16,18). The molecule has 1 N–H and O–H groups in total. The molecule has 1 aliphatic rings. The third-order valence-electron chi connectivity index (χ3n) is 3.18. The highest BCUT2D eigenvalue weighted by atomic mass is 79.9. The second-order valence-corrected chi connectivity index (χ2v) is 5.72. The summed E-state index contributed by atoms with van der Waals surface area (Å²) in [5, 5.41) is 2.91. The number of urea groups is 1. The van der Waals surface area contributed by atoms with Gasteiger partial charge in [0.15, 0.2) is 0 Å². The van der Waals surface area contributed by atoms with Gasteiger partial charge in [-0.05, 0) is 30.5 Å². The zero-order valence-corrected chi connectivity index (χ0v) is 12.6. The van der Waals surface area contributed by atoms with Gasteiger partial charge in [0.2, 0.25) is 0 Å². The zero-order valence-electron chi connectivity index (χ0n) is 11.1. The molecule has 1 atom stereocenters. The molecule has 1 aromatic carbocycles. The van der Waals surface area contributed by atoms with Gasteiger partial charge in [-0.2, -0.15) is 0 Å². The number of hydrogen-bond donors (Lipinski definition) is 1. The number of benzene rings is 1. The maximum atomic E-state index is 11.9. The van der Waals surface area contributed by atoms with E-state index in [9.17, 15) is 4.79 Å². The van der Waals surface area contributed by atoms with E-state index >= 15 is 0 Å². The normalized spacial score (nSPS) is 18.3. The molecule has 1 saturated heterocycles. The minimum absolute atomic E-state index is 0.0570. The van der Waals surface area contributed by atoms with E-state index in [1.807, 2.05) is 24.3 Å². The molecule has 0 saturated carbocycles. The molecule has 5 heteroatoms. The number of carbonyl (C=O) groups excluding carboxylic acids is 1. The molecule has 1 unspecified atom stereocenters. The Hall–Kier alpha value is -1.07. The molecule has 1 heterocycles. The first-order chi connectivity index (χ1) is 9.15. The molecule has 0 spiro atoms. The molecule has 0 aliphatic carbocycles. The van der Waals surface area contributed by atoms with Crippen molar-refractivity contribution in [3.63, 3.8) is 0 Å². The van der Waals surface area contributed by atoms with Crippen molar-refractivity contribution in [3.8, 4) is 0 Å². The van der Waals surface area contributed by atoms with E-state index in [4.69, 9.17) is 4.74 Å². The molecule has 1 fully saturated rings. The number of rotatable bonds is 4. The Kier molecular flexibility index (Phi) is 5.22. The van der Waals surface area contributed by atoms with Gasteiger partial charge in [-0.15, -0.1) is 0 Å². The number of hydrogen-bond acceptors (Lipinski definition) is 2. The number of halogens is 1. The minimum Gasteiger partial charge on any atom is -0.376 e. The van der Waals surface area contributed by atoms with Crippen molar-refractivity contribution in [2.45, 2.75) is 25.5 Å². The average molecular weight is 327 g/mol. The topological polar surface area (TPSA) is 41.6 Å². The maximum absolute atomic E-state index is 11.9. The van der Waals surface area contributed by atoms with Crippen molar-refractivity contribution < 1.29 is 9.53 Å². The molecule has 19 heavy (non-hydrogen) atoms. The van der Waals surface area contributed by atoms with Gasteiger partial charge in [-0.1, -0.05) is 28.1 Å². The van der Waals surface area contributed by atoms with Gasteiger partial charge in [0.25, 0.3) is 0 Å². The fourth-order valence-electron chi connectivity index (χ4n) is 2.08. The molecule has 2 amide bonds. The monoisotopic (exact) mass is 326 g/mol. The predicted octanol–water partition coefficient (Wildman–Crippen LogP) is 2.77. The lowest BCUT2D eigenvalue weighted by Gasteiger charge is -2.19. The molecule has 104 valence electrons. The Labute approximate surface area is 122 Å². The highest BCUT2D eigenvalue weighted by Crippen LogP contribution is 2.12. The summed E-state index contributed by atoms with van der Waals surface area (Å²) in [6.07, 6.45) is 2.32. The lowest BCUT2D eigenvalue weighted by Crippen LogP contribution is -2.40. The highest BCUT2D eigenvalue weighted by Gasteiger charge is 2.17. The quantitative estimate of drug-likeness (QED) is 0.924. The van der Waals surface area contributed by atoms with E-state index < -0.39 is 0 Å². The number of nitrogens with zero attached hydrogens (tertiary/aromatic N) is 1. The summed E-state index contributed by atoms with van der Waals surface area (Å²) in [5.41, 5.74) is 1.11. The van der Waals surface area contributed by atoms with E-state index in [2.05, 4.69) is 21.2 Å². The van der Waals surface area contributed by atoms with E-state index in [0.29, 0.717) is 13.1 Å². The van der Waals surface area contributed by atoms with Crippen LogP contribution in [0.5, 0.6) is 0 Å². The van der Waals surface area contributed by atoms with Crippen LogP contribution in [0.4, 0.5) is 4.79 Å². The van der Waals surface area contributed by atoms with Crippen molar-refractivity contribution >= 4 is 22.0 Å². The summed E-state index contributed by atoms with van der Waals surface area (Å²) >= 11 is 3.40. The third-order valence-corrected chi connectivity index (χ3v) is 3.71. The first kappa shape index (κ1) is 14.3. The van der Waals surface area contributed by atoms with Gasteiger partial charge >= 0.3 is 6.03 Å². The van der Waals surface area contributed by atoms with Crippen molar-refractivity contribution in [1.29, 1.82) is 0 Å². The molecule has 2 rings (SSSR count). The van der Waals surface area contributed by atoms with Crippen LogP contribution >= 0.6 is 15.9 Å². The summed E-state index contributed by atoms with van der Waals surface area (Å²) in [6.45, 7) is 2.02. The Balaban J connectivity index is 1.76.